The third-order valence-corrected chi connectivity index (χ3v) is 4.46. The SMILES string of the molecule is O=C(O)c1cc(I)c(NC(=S)Nc2ccccc2)c(I)c1. The zero-order chi connectivity index (χ0) is 15.4. The van der Waals surface area contributed by atoms with Crippen LogP contribution in [0.5, 0.6) is 0 Å². The molecule has 2 rings (SSSR count). The lowest BCUT2D eigenvalue weighted by Crippen LogP contribution is -2.20. The molecule has 0 amide bonds. The van der Waals surface area contributed by atoms with Crippen molar-refractivity contribution in [2.45, 2.75) is 0 Å². The molecule has 108 valence electrons. The summed E-state index contributed by atoms with van der Waals surface area (Å²) in [7, 11) is 0. The minimum atomic E-state index is -0.942. The van der Waals surface area contributed by atoms with E-state index in [1.54, 1.807) is 12.1 Å². The van der Waals surface area contributed by atoms with E-state index in [4.69, 9.17) is 17.3 Å². The number of carboxylic acid groups (broad SMARTS) is 1. The van der Waals surface area contributed by atoms with Crippen LogP contribution in [0.15, 0.2) is 42.5 Å². The Morgan fingerprint density at radius 3 is 2.14 bits per heavy atom. The van der Waals surface area contributed by atoms with Crippen LogP contribution in [0, 0.1) is 7.14 Å². The largest absolute Gasteiger partial charge is 0.478 e. The van der Waals surface area contributed by atoms with E-state index in [2.05, 4.69) is 55.8 Å². The molecule has 7 heteroatoms. The van der Waals surface area contributed by atoms with Crippen molar-refractivity contribution in [1.29, 1.82) is 0 Å². The Labute approximate surface area is 154 Å². The summed E-state index contributed by atoms with van der Waals surface area (Å²) in [6.07, 6.45) is 0. The van der Waals surface area contributed by atoms with Crippen molar-refractivity contribution in [2.75, 3.05) is 10.6 Å². The second kappa shape index (κ2) is 7.36. The van der Waals surface area contributed by atoms with Gasteiger partial charge >= 0.3 is 5.97 Å². The van der Waals surface area contributed by atoms with Crippen LogP contribution >= 0.6 is 57.4 Å². The fourth-order valence-electron chi connectivity index (χ4n) is 1.61. The first kappa shape index (κ1) is 16.4. The first-order chi connectivity index (χ1) is 9.97. The van der Waals surface area contributed by atoms with E-state index in [0.29, 0.717) is 5.11 Å². The van der Waals surface area contributed by atoms with Gasteiger partial charge in [0.1, 0.15) is 0 Å². The zero-order valence-electron chi connectivity index (χ0n) is 10.6. The highest BCUT2D eigenvalue weighted by Gasteiger charge is 2.12. The van der Waals surface area contributed by atoms with Crippen molar-refractivity contribution in [3.05, 3.63) is 55.2 Å². The molecule has 2 aromatic carbocycles. The quantitative estimate of drug-likeness (QED) is 0.411. The summed E-state index contributed by atoms with van der Waals surface area (Å²) in [5, 5.41) is 15.7. The number of thiocarbonyl (C=S) groups is 1. The third kappa shape index (κ3) is 4.51. The van der Waals surface area contributed by atoms with Crippen molar-refractivity contribution in [3.8, 4) is 0 Å². The van der Waals surface area contributed by atoms with Gasteiger partial charge in [0.2, 0.25) is 0 Å². The topological polar surface area (TPSA) is 61.4 Å². The molecule has 3 N–H and O–H groups in total. The number of benzene rings is 2. The van der Waals surface area contributed by atoms with Gasteiger partial charge in [0, 0.05) is 12.8 Å². The number of anilines is 2. The maximum Gasteiger partial charge on any atom is 0.335 e. The van der Waals surface area contributed by atoms with E-state index in [1.165, 1.54) is 0 Å². The van der Waals surface area contributed by atoms with Gasteiger partial charge in [0.25, 0.3) is 0 Å². The number of carboxylic acids is 1. The van der Waals surface area contributed by atoms with Crippen LogP contribution in [-0.4, -0.2) is 16.2 Å². The molecule has 0 heterocycles. The van der Waals surface area contributed by atoms with Crippen LogP contribution in [0.2, 0.25) is 0 Å². The summed E-state index contributed by atoms with van der Waals surface area (Å²) in [5.74, 6) is -0.942. The van der Waals surface area contributed by atoms with Gasteiger partial charge in [-0.15, -0.1) is 0 Å². The summed E-state index contributed by atoms with van der Waals surface area (Å²) < 4.78 is 1.60. The highest BCUT2D eigenvalue weighted by atomic mass is 127. The van der Waals surface area contributed by atoms with E-state index in [9.17, 15) is 4.79 Å². The monoisotopic (exact) mass is 524 g/mol. The van der Waals surface area contributed by atoms with E-state index in [1.807, 2.05) is 30.3 Å². The predicted molar refractivity (Wildman–Crippen MR) is 105 cm³/mol. The lowest BCUT2D eigenvalue weighted by Gasteiger charge is -2.14. The lowest BCUT2D eigenvalue weighted by molar-refractivity contribution is 0.0697. The molecule has 0 aliphatic carbocycles. The van der Waals surface area contributed by atoms with Gasteiger partial charge in [0.15, 0.2) is 5.11 Å². The number of rotatable bonds is 3. The van der Waals surface area contributed by atoms with Crippen LogP contribution in [0.1, 0.15) is 10.4 Å². The molecule has 2 aromatic rings. The Kier molecular flexibility index (Phi) is 5.76. The van der Waals surface area contributed by atoms with E-state index in [0.717, 1.165) is 18.5 Å². The molecular formula is C14H10I2N2O2S. The summed E-state index contributed by atoms with van der Waals surface area (Å²) in [6.45, 7) is 0. The smallest absolute Gasteiger partial charge is 0.335 e. The van der Waals surface area contributed by atoms with Crippen molar-refractivity contribution >= 4 is 79.9 Å². The molecule has 0 bridgehead atoms. The highest BCUT2D eigenvalue weighted by Crippen LogP contribution is 2.27. The first-order valence-corrected chi connectivity index (χ1v) is 8.39. The van der Waals surface area contributed by atoms with Crippen LogP contribution in [0.3, 0.4) is 0 Å². The summed E-state index contributed by atoms with van der Waals surface area (Å²) in [6, 6.07) is 12.8. The van der Waals surface area contributed by atoms with Gasteiger partial charge < -0.3 is 15.7 Å². The van der Waals surface area contributed by atoms with Gasteiger partial charge in [0.05, 0.1) is 11.3 Å². The molecule has 4 nitrogen and oxygen atoms in total. The molecular weight excluding hydrogens is 514 g/mol. The number of hydrogen-bond donors (Lipinski definition) is 3. The Hall–Kier alpha value is -0.940. The molecule has 0 aliphatic heterocycles. The number of hydrogen-bond acceptors (Lipinski definition) is 2. The average molecular weight is 524 g/mol. The fraction of sp³-hybridized carbons (Fsp3) is 0. The third-order valence-electron chi connectivity index (χ3n) is 2.56. The van der Waals surface area contributed by atoms with Crippen LogP contribution in [0.4, 0.5) is 11.4 Å². The van der Waals surface area contributed by atoms with Gasteiger partial charge in [-0.25, -0.2) is 4.79 Å². The van der Waals surface area contributed by atoms with Gasteiger partial charge in [-0.1, -0.05) is 18.2 Å². The van der Waals surface area contributed by atoms with Gasteiger partial charge in [-0.2, -0.15) is 0 Å². The molecule has 0 unspecified atom stereocenters. The van der Waals surface area contributed by atoms with Crippen molar-refractivity contribution < 1.29 is 9.90 Å². The van der Waals surface area contributed by atoms with Crippen LogP contribution in [-0.2, 0) is 0 Å². The van der Waals surface area contributed by atoms with Crippen molar-refractivity contribution in [2.24, 2.45) is 0 Å². The molecule has 0 atom stereocenters. The van der Waals surface area contributed by atoms with Gasteiger partial charge in [-0.3, -0.25) is 0 Å². The number of carbonyl (C=O) groups is 1. The summed E-state index contributed by atoms with van der Waals surface area (Å²) >= 11 is 9.46. The van der Waals surface area contributed by atoms with Crippen LogP contribution in [0.25, 0.3) is 0 Å². The summed E-state index contributed by atoms with van der Waals surface area (Å²) in [5.41, 5.74) is 1.95. The molecule has 0 radical (unpaired) electrons. The lowest BCUT2D eigenvalue weighted by atomic mass is 10.2. The fourth-order valence-corrected chi connectivity index (χ4v) is 3.87. The summed E-state index contributed by atoms with van der Waals surface area (Å²) in [4.78, 5) is 11.0. The molecule has 0 fully saturated rings. The molecule has 0 aromatic heterocycles. The molecule has 0 saturated heterocycles. The second-order valence-electron chi connectivity index (χ2n) is 4.07. The number of para-hydroxylation sites is 1. The highest BCUT2D eigenvalue weighted by molar-refractivity contribution is 14.1. The zero-order valence-corrected chi connectivity index (χ0v) is 15.7. The van der Waals surface area contributed by atoms with Crippen molar-refractivity contribution in [3.63, 3.8) is 0 Å². The molecule has 0 aliphatic rings. The van der Waals surface area contributed by atoms with E-state index >= 15 is 0 Å². The van der Waals surface area contributed by atoms with Crippen molar-refractivity contribution in [1.82, 2.24) is 0 Å². The number of aromatic carboxylic acids is 1. The molecule has 0 spiro atoms. The minimum Gasteiger partial charge on any atom is -0.478 e. The predicted octanol–water partition coefficient (Wildman–Crippen LogP) is 4.40. The maximum atomic E-state index is 11.0. The molecule has 0 saturated carbocycles. The standard InChI is InChI=1S/C14H10I2N2O2S/c15-10-6-8(13(19)20)7-11(16)12(10)18-14(21)17-9-4-2-1-3-5-9/h1-7H,(H,19,20)(H2,17,18,21). The van der Waals surface area contributed by atoms with Crippen LogP contribution < -0.4 is 10.6 Å². The Bertz CT molecular complexity index is 670. The number of halogens is 2. The Morgan fingerprint density at radius 1 is 1.05 bits per heavy atom. The minimum absolute atomic E-state index is 0.260. The average Bonchev–Trinajstić information content (AvgIpc) is 2.43. The first-order valence-electron chi connectivity index (χ1n) is 5.83. The second-order valence-corrected chi connectivity index (χ2v) is 6.80. The normalized spacial score (nSPS) is 10.0. The van der Waals surface area contributed by atoms with Gasteiger partial charge in [-0.05, 0) is 81.7 Å². The maximum absolute atomic E-state index is 11.0. The van der Waals surface area contributed by atoms with E-state index in [-0.39, 0.29) is 5.56 Å². The molecule has 21 heavy (non-hydrogen) atoms. The van der Waals surface area contributed by atoms with E-state index < -0.39 is 5.97 Å². The number of nitrogens with one attached hydrogen (secondary N) is 2. The Balaban J connectivity index is 2.16. The Morgan fingerprint density at radius 2 is 1.62 bits per heavy atom.